The van der Waals surface area contributed by atoms with Crippen molar-refractivity contribution in [2.75, 3.05) is 25.0 Å². The first-order valence-electron chi connectivity index (χ1n) is 10.8. The summed E-state index contributed by atoms with van der Waals surface area (Å²) in [5.74, 6) is 0.0450. The lowest BCUT2D eigenvalue weighted by Crippen LogP contribution is -2.33. The second-order valence-electron chi connectivity index (χ2n) is 7.81. The van der Waals surface area contributed by atoms with Crippen molar-refractivity contribution in [3.05, 3.63) is 54.0 Å². The zero-order valence-electron chi connectivity index (χ0n) is 17.7. The van der Waals surface area contributed by atoms with Gasteiger partial charge in [0.15, 0.2) is 5.17 Å². The van der Waals surface area contributed by atoms with E-state index in [0.29, 0.717) is 24.2 Å². The normalized spacial score (nSPS) is 18.4. The van der Waals surface area contributed by atoms with Gasteiger partial charge in [0.05, 0.1) is 6.26 Å². The summed E-state index contributed by atoms with van der Waals surface area (Å²) in [7, 11) is 0. The van der Waals surface area contributed by atoms with E-state index in [-0.39, 0.29) is 24.1 Å². The third-order valence-electron chi connectivity index (χ3n) is 5.37. The lowest BCUT2D eigenvalue weighted by molar-refractivity contribution is -0.121. The number of hydrogen-bond donors (Lipinski definition) is 2. The van der Waals surface area contributed by atoms with Crippen molar-refractivity contribution >= 4 is 40.3 Å². The number of amidine groups is 1. The molecule has 32 heavy (non-hydrogen) atoms. The predicted molar refractivity (Wildman–Crippen MR) is 124 cm³/mol. The minimum Gasteiger partial charge on any atom is -0.469 e. The molecule has 1 atom stereocenters. The SMILES string of the molecule is O=C(C[C@@H]1SC(N2CCCCC2)=NC1=O)Nc1cccc(C(=O)NCCc2ccco2)c1. The number of furan rings is 1. The summed E-state index contributed by atoms with van der Waals surface area (Å²) in [5, 5.41) is 5.87. The molecule has 0 aliphatic carbocycles. The van der Waals surface area contributed by atoms with Crippen LogP contribution in [0.15, 0.2) is 52.1 Å². The lowest BCUT2D eigenvalue weighted by atomic mass is 10.1. The summed E-state index contributed by atoms with van der Waals surface area (Å²) in [6.07, 6.45) is 5.65. The molecule has 8 nitrogen and oxygen atoms in total. The van der Waals surface area contributed by atoms with Crippen LogP contribution in [0.1, 0.15) is 41.8 Å². The van der Waals surface area contributed by atoms with Crippen molar-refractivity contribution < 1.29 is 18.8 Å². The van der Waals surface area contributed by atoms with Crippen LogP contribution in [-0.2, 0) is 16.0 Å². The van der Waals surface area contributed by atoms with Crippen molar-refractivity contribution in [2.45, 2.75) is 37.4 Å². The summed E-state index contributed by atoms with van der Waals surface area (Å²) >= 11 is 1.37. The molecule has 4 rings (SSSR count). The van der Waals surface area contributed by atoms with Crippen molar-refractivity contribution in [3.63, 3.8) is 0 Å². The maximum atomic E-state index is 12.5. The number of thioether (sulfide) groups is 1. The number of piperidine rings is 1. The van der Waals surface area contributed by atoms with E-state index in [1.165, 1.54) is 18.2 Å². The average molecular weight is 455 g/mol. The Hall–Kier alpha value is -3.07. The summed E-state index contributed by atoms with van der Waals surface area (Å²) < 4.78 is 5.25. The fourth-order valence-corrected chi connectivity index (χ4v) is 4.82. The van der Waals surface area contributed by atoms with Gasteiger partial charge in [0.2, 0.25) is 5.91 Å². The van der Waals surface area contributed by atoms with Gasteiger partial charge in [-0.2, -0.15) is 4.99 Å². The molecule has 1 aromatic heterocycles. The highest BCUT2D eigenvalue weighted by atomic mass is 32.2. The van der Waals surface area contributed by atoms with Gasteiger partial charge in [0, 0.05) is 43.7 Å². The van der Waals surface area contributed by atoms with Gasteiger partial charge in [-0.3, -0.25) is 14.4 Å². The second kappa shape index (κ2) is 10.5. The molecule has 0 radical (unpaired) electrons. The Labute approximate surface area is 190 Å². The Bertz CT molecular complexity index is 999. The van der Waals surface area contributed by atoms with Gasteiger partial charge in [-0.1, -0.05) is 17.8 Å². The van der Waals surface area contributed by atoms with Crippen LogP contribution in [0.3, 0.4) is 0 Å². The number of likely N-dealkylation sites (tertiary alicyclic amines) is 1. The fourth-order valence-electron chi connectivity index (χ4n) is 3.70. The van der Waals surface area contributed by atoms with Gasteiger partial charge in [0.1, 0.15) is 11.0 Å². The van der Waals surface area contributed by atoms with Crippen molar-refractivity contribution in [1.29, 1.82) is 0 Å². The molecule has 2 N–H and O–H groups in total. The Kier molecular flexibility index (Phi) is 7.26. The van der Waals surface area contributed by atoms with Crippen molar-refractivity contribution in [3.8, 4) is 0 Å². The molecule has 0 saturated carbocycles. The number of nitrogens with zero attached hydrogens (tertiary/aromatic N) is 2. The number of hydrogen-bond acceptors (Lipinski definition) is 6. The first-order valence-corrected chi connectivity index (χ1v) is 11.7. The van der Waals surface area contributed by atoms with Crippen LogP contribution >= 0.6 is 11.8 Å². The predicted octanol–water partition coefficient (Wildman–Crippen LogP) is 3.06. The number of aliphatic imine (C=N–C) groups is 1. The van der Waals surface area contributed by atoms with E-state index < -0.39 is 5.25 Å². The van der Waals surface area contributed by atoms with Crippen LogP contribution < -0.4 is 10.6 Å². The van der Waals surface area contributed by atoms with Crippen molar-refractivity contribution in [2.24, 2.45) is 4.99 Å². The quantitative estimate of drug-likeness (QED) is 0.666. The summed E-state index contributed by atoms with van der Waals surface area (Å²) in [6.45, 7) is 2.27. The van der Waals surface area contributed by atoms with E-state index in [1.54, 1.807) is 30.5 Å². The zero-order valence-corrected chi connectivity index (χ0v) is 18.5. The molecule has 168 valence electrons. The van der Waals surface area contributed by atoms with E-state index in [1.807, 2.05) is 12.1 Å². The lowest BCUT2D eigenvalue weighted by Gasteiger charge is -2.27. The molecule has 2 aromatic rings. The van der Waals surface area contributed by atoms with Crippen LogP contribution in [0.25, 0.3) is 0 Å². The van der Waals surface area contributed by atoms with Gasteiger partial charge in [-0.15, -0.1) is 0 Å². The largest absolute Gasteiger partial charge is 0.469 e. The van der Waals surface area contributed by atoms with E-state index >= 15 is 0 Å². The molecule has 0 spiro atoms. The highest BCUT2D eigenvalue weighted by Crippen LogP contribution is 2.29. The number of anilines is 1. The number of benzene rings is 1. The first-order chi connectivity index (χ1) is 15.6. The molecule has 3 amide bonds. The van der Waals surface area contributed by atoms with Gasteiger partial charge in [-0.25, -0.2) is 0 Å². The van der Waals surface area contributed by atoms with Gasteiger partial charge >= 0.3 is 0 Å². The second-order valence-corrected chi connectivity index (χ2v) is 8.98. The average Bonchev–Trinajstić information content (AvgIpc) is 3.44. The summed E-state index contributed by atoms with van der Waals surface area (Å²) in [6, 6.07) is 10.4. The minimum atomic E-state index is -0.500. The highest BCUT2D eigenvalue weighted by Gasteiger charge is 2.33. The third kappa shape index (κ3) is 5.79. The van der Waals surface area contributed by atoms with Crippen LogP contribution in [0.2, 0.25) is 0 Å². The number of carbonyl (C=O) groups excluding carboxylic acids is 3. The molecular formula is C23H26N4O4S. The fraction of sp³-hybridized carbons (Fsp3) is 0.391. The molecule has 9 heteroatoms. The van der Waals surface area contributed by atoms with E-state index in [4.69, 9.17) is 4.42 Å². The molecule has 1 fully saturated rings. The Balaban J connectivity index is 1.26. The first kappa shape index (κ1) is 22.1. The Morgan fingerprint density at radius 2 is 2.00 bits per heavy atom. The molecule has 1 saturated heterocycles. The Morgan fingerprint density at radius 3 is 2.78 bits per heavy atom. The van der Waals surface area contributed by atoms with Crippen LogP contribution in [-0.4, -0.2) is 52.7 Å². The standard InChI is InChI=1S/C23H26N4O4S/c28-20(15-19-22(30)26-23(32-19)27-11-2-1-3-12-27)25-17-7-4-6-16(14-17)21(29)24-10-9-18-8-5-13-31-18/h4-8,13-14,19H,1-3,9-12,15H2,(H,24,29)(H,25,28)/t19-/m0/s1. The number of rotatable bonds is 7. The topological polar surface area (TPSA) is 104 Å². The van der Waals surface area contributed by atoms with E-state index in [2.05, 4.69) is 20.5 Å². The third-order valence-corrected chi connectivity index (χ3v) is 6.59. The molecule has 1 aromatic carbocycles. The summed E-state index contributed by atoms with van der Waals surface area (Å²) in [5.41, 5.74) is 0.964. The minimum absolute atomic E-state index is 0.0455. The van der Waals surface area contributed by atoms with E-state index in [9.17, 15) is 14.4 Å². The van der Waals surface area contributed by atoms with Gasteiger partial charge in [0.25, 0.3) is 11.8 Å². The highest BCUT2D eigenvalue weighted by molar-refractivity contribution is 8.15. The molecule has 0 unspecified atom stereocenters. The van der Waals surface area contributed by atoms with Crippen molar-refractivity contribution in [1.82, 2.24) is 10.2 Å². The monoisotopic (exact) mass is 454 g/mol. The van der Waals surface area contributed by atoms with Crippen LogP contribution in [0.5, 0.6) is 0 Å². The number of nitrogens with one attached hydrogen (secondary N) is 2. The maximum absolute atomic E-state index is 12.5. The molecule has 0 bridgehead atoms. The summed E-state index contributed by atoms with van der Waals surface area (Å²) in [4.78, 5) is 43.5. The molecule has 2 aliphatic rings. The smallest absolute Gasteiger partial charge is 0.262 e. The van der Waals surface area contributed by atoms with E-state index in [0.717, 1.165) is 36.9 Å². The number of carbonyl (C=O) groups is 3. The maximum Gasteiger partial charge on any atom is 0.262 e. The Morgan fingerprint density at radius 1 is 1.16 bits per heavy atom. The van der Waals surface area contributed by atoms with Crippen LogP contribution in [0.4, 0.5) is 5.69 Å². The number of amides is 3. The molecule has 2 aliphatic heterocycles. The van der Waals surface area contributed by atoms with Crippen LogP contribution in [0, 0.1) is 0 Å². The zero-order chi connectivity index (χ0) is 22.3. The van der Waals surface area contributed by atoms with Gasteiger partial charge in [-0.05, 0) is 49.6 Å². The molecular weight excluding hydrogens is 428 g/mol. The van der Waals surface area contributed by atoms with Gasteiger partial charge < -0.3 is 20.0 Å². The molecule has 3 heterocycles.